The van der Waals surface area contributed by atoms with Crippen LogP contribution in [0.4, 0.5) is 0 Å². The summed E-state index contributed by atoms with van der Waals surface area (Å²) >= 11 is 6.04. The zero-order valence-electron chi connectivity index (χ0n) is 9.63. The molecule has 1 aliphatic rings. The third kappa shape index (κ3) is 3.59. The first-order chi connectivity index (χ1) is 7.25. The molecule has 90 valence electrons. The van der Waals surface area contributed by atoms with Gasteiger partial charge in [-0.25, -0.2) is 0 Å². The molecule has 0 spiro atoms. The summed E-state index contributed by atoms with van der Waals surface area (Å²) in [5.74, 6) is 0.655. The fourth-order valence-corrected chi connectivity index (χ4v) is 2.39. The lowest BCUT2D eigenvalue weighted by Crippen LogP contribution is -2.32. The molecule has 0 aromatic carbocycles. The zero-order valence-corrected chi connectivity index (χ0v) is 10.4. The van der Waals surface area contributed by atoms with E-state index in [4.69, 9.17) is 25.8 Å². The Labute approximate surface area is 97.0 Å². The number of methoxy groups -OCH3 is 1. The molecule has 1 saturated heterocycles. The second-order valence-electron chi connectivity index (χ2n) is 4.11. The van der Waals surface area contributed by atoms with Crippen LogP contribution in [0.25, 0.3) is 0 Å². The van der Waals surface area contributed by atoms with Crippen LogP contribution in [-0.2, 0) is 14.2 Å². The predicted octanol–water partition coefficient (Wildman–Crippen LogP) is 2.07. The molecule has 0 bridgehead atoms. The summed E-state index contributed by atoms with van der Waals surface area (Å²) in [5, 5.41) is 0. The van der Waals surface area contributed by atoms with Crippen molar-refractivity contribution in [2.24, 2.45) is 5.41 Å². The summed E-state index contributed by atoms with van der Waals surface area (Å²) in [7, 11) is 1.68. The first-order valence-corrected chi connectivity index (χ1v) is 6.03. The molecule has 1 rings (SSSR count). The van der Waals surface area contributed by atoms with Crippen molar-refractivity contribution in [1.82, 2.24) is 0 Å². The Morgan fingerprint density at radius 1 is 1.40 bits per heavy atom. The number of hydrogen-bond donors (Lipinski definition) is 0. The standard InChI is InChI=1S/C11H21ClO3/c1-10-11(9-12,4-6-15-10)3-5-14-8-7-13-2/h10H,3-9H2,1-2H3. The zero-order chi connectivity index (χ0) is 11.1. The third-order valence-electron chi connectivity index (χ3n) is 3.27. The highest BCUT2D eigenvalue weighted by Gasteiger charge is 2.40. The molecule has 4 heteroatoms. The minimum atomic E-state index is 0.120. The monoisotopic (exact) mass is 236 g/mol. The summed E-state index contributed by atoms with van der Waals surface area (Å²) in [6.07, 6.45) is 2.27. The van der Waals surface area contributed by atoms with Gasteiger partial charge in [0.05, 0.1) is 19.3 Å². The van der Waals surface area contributed by atoms with E-state index >= 15 is 0 Å². The van der Waals surface area contributed by atoms with Crippen molar-refractivity contribution in [3.63, 3.8) is 0 Å². The topological polar surface area (TPSA) is 27.7 Å². The van der Waals surface area contributed by atoms with Crippen LogP contribution >= 0.6 is 11.6 Å². The van der Waals surface area contributed by atoms with E-state index in [2.05, 4.69) is 6.92 Å². The van der Waals surface area contributed by atoms with E-state index in [0.717, 1.165) is 26.1 Å². The van der Waals surface area contributed by atoms with Crippen LogP contribution in [0.1, 0.15) is 19.8 Å². The summed E-state index contributed by atoms with van der Waals surface area (Å²) in [4.78, 5) is 0. The number of ether oxygens (including phenoxy) is 3. The van der Waals surface area contributed by atoms with Gasteiger partial charge in [0.15, 0.2) is 0 Å². The van der Waals surface area contributed by atoms with Gasteiger partial charge in [-0.2, -0.15) is 0 Å². The maximum absolute atomic E-state index is 6.04. The molecule has 1 fully saturated rings. The molecule has 0 aliphatic carbocycles. The second kappa shape index (κ2) is 6.69. The summed E-state index contributed by atoms with van der Waals surface area (Å²) in [5.41, 5.74) is 0.120. The van der Waals surface area contributed by atoms with E-state index in [-0.39, 0.29) is 11.5 Å². The Kier molecular flexibility index (Phi) is 5.90. The minimum Gasteiger partial charge on any atom is -0.382 e. The molecule has 0 aromatic rings. The molecule has 0 radical (unpaired) electrons. The van der Waals surface area contributed by atoms with Gasteiger partial charge < -0.3 is 14.2 Å². The molecule has 1 aliphatic heterocycles. The summed E-state index contributed by atoms with van der Waals surface area (Å²) < 4.78 is 16.0. The Hall–Kier alpha value is 0.170. The molecular weight excluding hydrogens is 216 g/mol. The number of halogens is 1. The lowest BCUT2D eigenvalue weighted by atomic mass is 9.81. The van der Waals surface area contributed by atoms with Gasteiger partial charge in [-0.3, -0.25) is 0 Å². The lowest BCUT2D eigenvalue weighted by molar-refractivity contribution is 0.0289. The summed E-state index contributed by atoms with van der Waals surface area (Å²) in [6, 6.07) is 0. The van der Waals surface area contributed by atoms with E-state index in [1.165, 1.54) is 0 Å². The molecule has 2 atom stereocenters. The van der Waals surface area contributed by atoms with Crippen molar-refractivity contribution < 1.29 is 14.2 Å². The van der Waals surface area contributed by atoms with Crippen molar-refractivity contribution >= 4 is 11.6 Å². The van der Waals surface area contributed by atoms with Crippen LogP contribution in [0.15, 0.2) is 0 Å². The van der Waals surface area contributed by atoms with Crippen molar-refractivity contribution in [2.75, 3.05) is 39.4 Å². The van der Waals surface area contributed by atoms with Crippen LogP contribution in [0.5, 0.6) is 0 Å². The Morgan fingerprint density at radius 3 is 2.73 bits per heavy atom. The van der Waals surface area contributed by atoms with Gasteiger partial charge in [-0.05, 0) is 19.8 Å². The van der Waals surface area contributed by atoms with Crippen LogP contribution in [0.3, 0.4) is 0 Å². The van der Waals surface area contributed by atoms with Gasteiger partial charge in [-0.15, -0.1) is 11.6 Å². The van der Waals surface area contributed by atoms with Crippen LogP contribution < -0.4 is 0 Å². The van der Waals surface area contributed by atoms with E-state index in [1.54, 1.807) is 7.11 Å². The lowest BCUT2D eigenvalue weighted by Gasteiger charge is -2.29. The Bertz CT molecular complexity index is 177. The highest BCUT2D eigenvalue weighted by atomic mass is 35.5. The normalized spacial score (nSPS) is 31.0. The fourth-order valence-electron chi connectivity index (χ4n) is 1.91. The van der Waals surface area contributed by atoms with Gasteiger partial charge >= 0.3 is 0 Å². The predicted molar refractivity (Wildman–Crippen MR) is 60.5 cm³/mol. The quantitative estimate of drug-likeness (QED) is 0.500. The number of hydrogen-bond acceptors (Lipinski definition) is 3. The van der Waals surface area contributed by atoms with Gasteiger partial charge in [0, 0.05) is 31.6 Å². The van der Waals surface area contributed by atoms with Crippen molar-refractivity contribution in [2.45, 2.75) is 25.9 Å². The number of alkyl halides is 1. The highest BCUT2D eigenvalue weighted by Crippen LogP contribution is 2.39. The highest BCUT2D eigenvalue weighted by molar-refractivity contribution is 6.18. The maximum Gasteiger partial charge on any atom is 0.0700 e. The molecule has 0 N–H and O–H groups in total. The number of rotatable bonds is 7. The molecule has 3 nitrogen and oxygen atoms in total. The van der Waals surface area contributed by atoms with Crippen LogP contribution in [0, 0.1) is 5.41 Å². The largest absolute Gasteiger partial charge is 0.382 e. The Balaban J connectivity index is 2.22. The van der Waals surface area contributed by atoms with Crippen molar-refractivity contribution in [3.05, 3.63) is 0 Å². The molecule has 0 aromatic heterocycles. The molecule has 0 saturated carbocycles. The molecule has 2 unspecified atom stereocenters. The van der Waals surface area contributed by atoms with Crippen molar-refractivity contribution in [3.8, 4) is 0 Å². The van der Waals surface area contributed by atoms with Gasteiger partial charge in [0.1, 0.15) is 0 Å². The minimum absolute atomic E-state index is 0.120. The fraction of sp³-hybridized carbons (Fsp3) is 1.00. The second-order valence-corrected chi connectivity index (χ2v) is 4.38. The average Bonchev–Trinajstić information content (AvgIpc) is 2.61. The molecular formula is C11H21ClO3. The van der Waals surface area contributed by atoms with Crippen molar-refractivity contribution in [1.29, 1.82) is 0 Å². The average molecular weight is 237 g/mol. The van der Waals surface area contributed by atoms with Crippen LogP contribution in [-0.4, -0.2) is 45.5 Å². The van der Waals surface area contributed by atoms with E-state index in [1.807, 2.05) is 0 Å². The van der Waals surface area contributed by atoms with Gasteiger partial charge in [-0.1, -0.05) is 0 Å². The first kappa shape index (κ1) is 13.2. The molecule has 15 heavy (non-hydrogen) atoms. The smallest absolute Gasteiger partial charge is 0.0700 e. The SMILES string of the molecule is COCCOCCC1(CCl)CCOC1C. The maximum atomic E-state index is 6.04. The summed E-state index contributed by atoms with van der Waals surface area (Å²) in [6.45, 7) is 4.98. The molecule has 0 amide bonds. The first-order valence-electron chi connectivity index (χ1n) is 5.49. The van der Waals surface area contributed by atoms with E-state index < -0.39 is 0 Å². The van der Waals surface area contributed by atoms with Crippen LogP contribution in [0.2, 0.25) is 0 Å². The van der Waals surface area contributed by atoms with Gasteiger partial charge in [0.25, 0.3) is 0 Å². The molecule has 1 heterocycles. The third-order valence-corrected chi connectivity index (χ3v) is 3.80. The van der Waals surface area contributed by atoms with E-state index in [0.29, 0.717) is 19.1 Å². The van der Waals surface area contributed by atoms with Gasteiger partial charge in [0.2, 0.25) is 0 Å². The van der Waals surface area contributed by atoms with E-state index in [9.17, 15) is 0 Å². The Morgan fingerprint density at radius 2 is 2.20 bits per heavy atom.